The van der Waals surface area contributed by atoms with Gasteiger partial charge in [0.1, 0.15) is 12.2 Å². The number of primary amides is 1. The first-order chi connectivity index (χ1) is 10.0. The molecule has 0 aromatic carbocycles. The molecule has 0 radical (unpaired) electrons. The molecule has 0 saturated carbocycles. The third-order valence-corrected chi connectivity index (χ3v) is 3.47. The van der Waals surface area contributed by atoms with Gasteiger partial charge in [0.25, 0.3) is 0 Å². The number of aliphatic hydroxyl groups excluding tert-OH is 3. The molecule has 6 nitrogen and oxygen atoms in total. The van der Waals surface area contributed by atoms with Crippen LogP contribution in [0, 0.1) is 0 Å². The van der Waals surface area contributed by atoms with Crippen molar-refractivity contribution in [1.29, 1.82) is 0 Å². The number of carbonyl (C=O) groups is 1. The molecule has 0 aliphatic heterocycles. The van der Waals surface area contributed by atoms with Crippen molar-refractivity contribution in [2.45, 2.75) is 76.6 Å². The lowest BCUT2D eigenvalue weighted by Crippen LogP contribution is -2.48. The second kappa shape index (κ2) is 13.0. The van der Waals surface area contributed by atoms with Gasteiger partial charge in [0.2, 0.25) is 5.91 Å². The molecule has 0 spiro atoms. The fourth-order valence-corrected chi connectivity index (χ4v) is 2.11. The monoisotopic (exact) mass is 305 g/mol. The van der Waals surface area contributed by atoms with Gasteiger partial charge in [-0.2, -0.15) is 0 Å². The van der Waals surface area contributed by atoms with E-state index in [1.54, 1.807) is 0 Å². The van der Waals surface area contributed by atoms with Gasteiger partial charge in [0.15, 0.2) is 6.10 Å². The lowest BCUT2D eigenvalue weighted by Gasteiger charge is -2.23. The summed E-state index contributed by atoms with van der Waals surface area (Å²) in [6, 6.07) is 0. The summed E-state index contributed by atoms with van der Waals surface area (Å²) >= 11 is 0. The van der Waals surface area contributed by atoms with E-state index in [1.807, 2.05) is 0 Å². The average molecular weight is 305 g/mol. The van der Waals surface area contributed by atoms with Gasteiger partial charge in [0.05, 0.1) is 6.61 Å². The normalized spacial score (nSPS) is 15.6. The molecule has 126 valence electrons. The van der Waals surface area contributed by atoms with Crippen LogP contribution in [0.5, 0.6) is 0 Å². The molecule has 0 bridgehead atoms. The van der Waals surface area contributed by atoms with Crippen molar-refractivity contribution in [3.63, 3.8) is 0 Å². The zero-order valence-corrected chi connectivity index (χ0v) is 13.0. The van der Waals surface area contributed by atoms with E-state index in [9.17, 15) is 15.0 Å². The number of hydrogen-bond donors (Lipinski definition) is 4. The summed E-state index contributed by atoms with van der Waals surface area (Å²) in [6.45, 7) is 1.85. The highest BCUT2D eigenvalue weighted by Gasteiger charge is 2.30. The highest BCUT2D eigenvalue weighted by molar-refractivity contribution is 5.79. The van der Waals surface area contributed by atoms with Gasteiger partial charge >= 0.3 is 0 Å². The van der Waals surface area contributed by atoms with Gasteiger partial charge in [-0.05, 0) is 6.42 Å². The van der Waals surface area contributed by atoms with Crippen LogP contribution in [-0.2, 0) is 9.53 Å². The molecule has 0 unspecified atom stereocenters. The average Bonchev–Trinajstić information content (AvgIpc) is 2.47. The summed E-state index contributed by atoms with van der Waals surface area (Å²) in [7, 11) is 0. The Morgan fingerprint density at radius 2 is 1.57 bits per heavy atom. The number of aliphatic hydroxyl groups is 3. The Morgan fingerprint density at radius 3 is 2.05 bits per heavy atom. The molecule has 0 aromatic heterocycles. The van der Waals surface area contributed by atoms with Crippen LogP contribution in [0.25, 0.3) is 0 Å². The van der Waals surface area contributed by atoms with Crippen molar-refractivity contribution in [3.8, 4) is 0 Å². The number of ether oxygens (including phenoxy) is 1. The van der Waals surface area contributed by atoms with Gasteiger partial charge < -0.3 is 25.8 Å². The molecule has 0 aliphatic rings. The minimum atomic E-state index is -1.50. The Hall–Kier alpha value is -0.690. The van der Waals surface area contributed by atoms with E-state index in [-0.39, 0.29) is 0 Å². The number of carbonyl (C=O) groups excluding carboxylic acids is 1. The number of amides is 1. The van der Waals surface area contributed by atoms with Crippen molar-refractivity contribution >= 4 is 5.91 Å². The number of nitrogens with two attached hydrogens (primary N) is 1. The maximum absolute atomic E-state index is 11.2. The van der Waals surface area contributed by atoms with Crippen LogP contribution in [0.1, 0.15) is 58.3 Å². The molecule has 0 aliphatic carbocycles. The van der Waals surface area contributed by atoms with E-state index < -0.39 is 30.8 Å². The van der Waals surface area contributed by atoms with Crippen molar-refractivity contribution < 1.29 is 24.9 Å². The second-order valence-electron chi connectivity index (χ2n) is 5.41. The Morgan fingerprint density at radius 1 is 1.05 bits per heavy atom. The highest BCUT2D eigenvalue weighted by Crippen LogP contribution is 2.10. The molecular formula is C15H31NO5. The molecule has 5 N–H and O–H groups in total. The fraction of sp³-hybridized carbons (Fsp3) is 0.933. The van der Waals surface area contributed by atoms with E-state index in [0.717, 1.165) is 19.3 Å². The first-order valence-corrected chi connectivity index (χ1v) is 7.92. The van der Waals surface area contributed by atoms with Crippen LogP contribution in [0.3, 0.4) is 0 Å². The Balaban J connectivity index is 3.73. The van der Waals surface area contributed by atoms with E-state index in [4.69, 9.17) is 15.6 Å². The van der Waals surface area contributed by atoms with E-state index in [1.165, 1.54) is 32.1 Å². The molecule has 6 heteroatoms. The van der Waals surface area contributed by atoms with Crippen molar-refractivity contribution in [1.82, 2.24) is 0 Å². The second-order valence-corrected chi connectivity index (χ2v) is 5.41. The van der Waals surface area contributed by atoms with Crippen LogP contribution in [-0.4, -0.2) is 52.8 Å². The minimum Gasteiger partial charge on any atom is -0.394 e. The Bertz CT molecular complexity index is 262. The maximum Gasteiger partial charge on any atom is 0.249 e. The third kappa shape index (κ3) is 9.79. The Labute approximate surface area is 127 Å². The minimum absolute atomic E-state index is 0.303. The summed E-state index contributed by atoms with van der Waals surface area (Å²) in [6.07, 6.45) is 4.94. The molecule has 21 heavy (non-hydrogen) atoms. The molecule has 0 rings (SSSR count). The van der Waals surface area contributed by atoms with Gasteiger partial charge in [0, 0.05) is 6.61 Å². The van der Waals surface area contributed by atoms with Crippen LogP contribution >= 0.6 is 0 Å². The zero-order valence-electron chi connectivity index (χ0n) is 13.0. The SMILES string of the molecule is CCCCCCCCCCO[C@@H](C(N)=O)[C@@H](O)[C@H](O)CO. The van der Waals surface area contributed by atoms with Gasteiger partial charge in [-0.1, -0.05) is 51.9 Å². The summed E-state index contributed by atoms with van der Waals surface area (Å²) in [5.74, 6) is -0.838. The van der Waals surface area contributed by atoms with Crippen LogP contribution in [0.15, 0.2) is 0 Å². The van der Waals surface area contributed by atoms with Crippen molar-refractivity contribution in [2.75, 3.05) is 13.2 Å². The first kappa shape index (κ1) is 20.3. The lowest BCUT2D eigenvalue weighted by atomic mass is 10.1. The predicted octanol–water partition coefficient (Wildman–Crippen LogP) is 0.712. The van der Waals surface area contributed by atoms with Gasteiger partial charge in [-0.15, -0.1) is 0 Å². The van der Waals surface area contributed by atoms with E-state index in [2.05, 4.69) is 6.92 Å². The molecule has 3 atom stereocenters. The summed E-state index contributed by atoms with van der Waals surface area (Å²) in [5.41, 5.74) is 5.12. The quantitative estimate of drug-likeness (QED) is 0.353. The number of unbranched alkanes of at least 4 members (excludes halogenated alkanes) is 7. The molecule has 0 saturated heterocycles. The molecule has 0 fully saturated rings. The smallest absolute Gasteiger partial charge is 0.249 e. The highest BCUT2D eigenvalue weighted by atomic mass is 16.5. The standard InChI is InChI=1S/C15H31NO5/c1-2-3-4-5-6-7-8-9-10-21-14(15(16)20)13(19)12(18)11-17/h12-14,17-19H,2-11H2,1H3,(H2,16,20)/t12-,13+,14-/m1/s1. The first-order valence-electron chi connectivity index (χ1n) is 7.92. The summed E-state index contributed by atoms with van der Waals surface area (Å²) in [5, 5.41) is 27.7. The topological polar surface area (TPSA) is 113 Å². The molecule has 0 heterocycles. The number of rotatable bonds is 14. The van der Waals surface area contributed by atoms with E-state index in [0.29, 0.717) is 6.61 Å². The van der Waals surface area contributed by atoms with Crippen molar-refractivity contribution in [2.24, 2.45) is 5.73 Å². The van der Waals surface area contributed by atoms with Gasteiger partial charge in [-0.25, -0.2) is 0 Å². The van der Waals surface area contributed by atoms with Crippen molar-refractivity contribution in [3.05, 3.63) is 0 Å². The summed E-state index contributed by atoms with van der Waals surface area (Å²) < 4.78 is 5.24. The zero-order chi connectivity index (χ0) is 16.1. The van der Waals surface area contributed by atoms with Gasteiger partial charge in [-0.3, -0.25) is 4.79 Å². The van der Waals surface area contributed by atoms with Crippen LogP contribution < -0.4 is 5.73 Å². The van der Waals surface area contributed by atoms with E-state index >= 15 is 0 Å². The predicted molar refractivity (Wildman–Crippen MR) is 80.6 cm³/mol. The molecule has 0 aromatic rings. The lowest BCUT2D eigenvalue weighted by molar-refractivity contribution is -0.147. The molecule has 1 amide bonds. The van der Waals surface area contributed by atoms with Crippen LogP contribution in [0.2, 0.25) is 0 Å². The fourth-order valence-electron chi connectivity index (χ4n) is 2.11. The van der Waals surface area contributed by atoms with Crippen LogP contribution in [0.4, 0.5) is 0 Å². The number of hydrogen-bond acceptors (Lipinski definition) is 5. The summed E-state index contributed by atoms with van der Waals surface area (Å²) in [4.78, 5) is 11.2. The Kier molecular flexibility index (Phi) is 12.6. The third-order valence-electron chi connectivity index (χ3n) is 3.47. The maximum atomic E-state index is 11.2. The largest absolute Gasteiger partial charge is 0.394 e. The molecular weight excluding hydrogens is 274 g/mol.